The van der Waals surface area contributed by atoms with E-state index in [9.17, 15) is 19.5 Å². The Bertz CT molecular complexity index is 2350. The standard InChI is InChI=1S/C47H48F3N5O5/c48-36-2-1-3-37(49)44(36)35-25-60-41-22-32(56)6-8-34(41)43(35)29-4-9-39(38(50)21-29)53-16-12-28(13-17-53)23-52-18-14-47(15-19-52)26-54(27-47)31-5-7-33-30(20-31)24-55(46(33)59)40-10-11-42(57)51-45(40)58/h1-9,20-22,28,35,40,43,56H,10-19,23-27H2,(H,51,57,58). The summed E-state index contributed by atoms with van der Waals surface area (Å²) in [7, 11) is 0. The lowest BCUT2D eigenvalue weighted by Gasteiger charge is -2.55. The molecule has 4 saturated heterocycles. The van der Waals surface area contributed by atoms with Crippen LogP contribution in [0, 0.1) is 28.8 Å². The summed E-state index contributed by atoms with van der Waals surface area (Å²) in [5.74, 6) is -2.94. The number of hydrogen-bond acceptors (Lipinski definition) is 8. The van der Waals surface area contributed by atoms with Crippen LogP contribution in [0.15, 0.2) is 72.8 Å². The molecule has 60 heavy (non-hydrogen) atoms. The van der Waals surface area contributed by atoms with Gasteiger partial charge in [-0.25, -0.2) is 13.2 Å². The number of phenols is 1. The van der Waals surface area contributed by atoms with Crippen LogP contribution in [-0.2, 0) is 16.1 Å². The van der Waals surface area contributed by atoms with Crippen LogP contribution in [0.4, 0.5) is 24.5 Å². The number of likely N-dealkylation sites (tertiary alicyclic amines) is 1. The Hall–Kier alpha value is -5.56. The minimum absolute atomic E-state index is 0.0133. The van der Waals surface area contributed by atoms with Gasteiger partial charge in [-0.3, -0.25) is 19.7 Å². The number of fused-ring (bicyclic) bond motifs is 2. The van der Waals surface area contributed by atoms with Crippen LogP contribution < -0.4 is 19.9 Å². The zero-order valence-electron chi connectivity index (χ0n) is 33.3. The molecule has 0 radical (unpaired) electrons. The van der Waals surface area contributed by atoms with E-state index in [0.29, 0.717) is 47.0 Å². The molecule has 0 aliphatic carbocycles. The van der Waals surface area contributed by atoms with Gasteiger partial charge in [-0.15, -0.1) is 0 Å². The number of piperidine rings is 3. The number of phenolic OH excluding ortho intramolecular Hbond substituents is 1. The summed E-state index contributed by atoms with van der Waals surface area (Å²) >= 11 is 0. The molecular weight excluding hydrogens is 772 g/mol. The summed E-state index contributed by atoms with van der Waals surface area (Å²) < 4.78 is 52.2. The van der Waals surface area contributed by atoms with Gasteiger partial charge in [0, 0.05) is 91.4 Å². The van der Waals surface area contributed by atoms with E-state index in [1.54, 1.807) is 17.0 Å². The number of nitrogens with one attached hydrogen (secondary N) is 1. The molecule has 10 nitrogen and oxygen atoms in total. The second-order valence-electron chi connectivity index (χ2n) is 17.8. The van der Waals surface area contributed by atoms with Crippen molar-refractivity contribution >= 4 is 29.1 Å². The van der Waals surface area contributed by atoms with Crippen LogP contribution in [0.25, 0.3) is 0 Å². The Labute approximate surface area is 346 Å². The number of benzene rings is 4. The molecule has 6 aliphatic rings. The van der Waals surface area contributed by atoms with Crippen LogP contribution in [0.1, 0.15) is 83.0 Å². The quantitative estimate of drug-likeness (QED) is 0.199. The molecule has 3 atom stereocenters. The molecule has 4 fully saturated rings. The number of halogens is 3. The van der Waals surface area contributed by atoms with Crippen molar-refractivity contribution in [2.24, 2.45) is 11.3 Å². The number of carbonyl (C=O) groups is 3. The van der Waals surface area contributed by atoms with E-state index in [4.69, 9.17) is 4.74 Å². The highest BCUT2D eigenvalue weighted by Crippen LogP contribution is 2.49. The fourth-order valence-corrected chi connectivity index (χ4v) is 10.8. The molecule has 6 heterocycles. The zero-order valence-corrected chi connectivity index (χ0v) is 33.3. The minimum atomic E-state index is -0.739. The summed E-state index contributed by atoms with van der Waals surface area (Å²) in [4.78, 5) is 46.0. The third-order valence-corrected chi connectivity index (χ3v) is 14.2. The van der Waals surface area contributed by atoms with Crippen LogP contribution in [0.3, 0.4) is 0 Å². The van der Waals surface area contributed by atoms with Crippen LogP contribution in [0.2, 0.25) is 0 Å². The van der Waals surface area contributed by atoms with Gasteiger partial charge in [0.15, 0.2) is 0 Å². The maximum Gasteiger partial charge on any atom is 0.255 e. The summed E-state index contributed by atoms with van der Waals surface area (Å²) in [5.41, 5.74) is 4.62. The fourth-order valence-electron chi connectivity index (χ4n) is 10.8. The molecular formula is C47H48F3N5O5. The predicted octanol–water partition coefficient (Wildman–Crippen LogP) is 6.70. The summed E-state index contributed by atoms with van der Waals surface area (Å²) in [5, 5.41) is 12.5. The van der Waals surface area contributed by atoms with Crippen molar-refractivity contribution in [2.75, 3.05) is 62.2 Å². The molecule has 10 rings (SSSR count). The number of amides is 3. The van der Waals surface area contributed by atoms with E-state index in [-0.39, 0.29) is 47.4 Å². The lowest BCUT2D eigenvalue weighted by Crippen LogP contribution is -2.60. The highest BCUT2D eigenvalue weighted by Gasteiger charge is 2.46. The first kappa shape index (κ1) is 38.6. The lowest BCUT2D eigenvalue weighted by molar-refractivity contribution is -0.136. The van der Waals surface area contributed by atoms with Crippen molar-refractivity contribution in [3.05, 3.63) is 118 Å². The Kier molecular flexibility index (Phi) is 9.76. The van der Waals surface area contributed by atoms with E-state index < -0.39 is 35.4 Å². The molecule has 6 aliphatic heterocycles. The van der Waals surface area contributed by atoms with E-state index in [2.05, 4.69) is 26.1 Å². The highest BCUT2D eigenvalue weighted by molar-refractivity contribution is 6.05. The largest absolute Gasteiger partial charge is 0.508 e. The number of carbonyl (C=O) groups excluding carboxylic acids is 3. The summed E-state index contributed by atoms with van der Waals surface area (Å²) in [6, 6.07) is 19.0. The van der Waals surface area contributed by atoms with E-state index in [1.807, 2.05) is 18.2 Å². The van der Waals surface area contributed by atoms with Gasteiger partial charge >= 0.3 is 0 Å². The number of rotatable bonds is 7. The number of aromatic hydroxyl groups is 1. The maximum atomic E-state index is 16.1. The second kappa shape index (κ2) is 15.2. The molecule has 3 amide bonds. The van der Waals surface area contributed by atoms with Gasteiger partial charge in [0.05, 0.1) is 12.3 Å². The molecule has 312 valence electrons. The summed E-state index contributed by atoms with van der Waals surface area (Å²) in [6.07, 6.45) is 4.79. The van der Waals surface area contributed by atoms with Gasteiger partial charge in [-0.1, -0.05) is 18.2 Å². The highest BCUT2D eigenvalue weighted by atomic mass is 19.1. The molecule has 1 spiro atoms. The molecule has 0 bridgehead atoms. The average molecular weight is 820 g/mol. The van der Waals surface area contributed by atoms with Gasteiger partial charge < -0.3 is 29.4 Å². The third-order valence-electron chi connectivity index (χ3n) is 14.2. The van der Waals surface area contributed by atoms with Crippen molar-refractivity contribution in [2.45, 2.75) is 62.9 Å². The topological polar surface area (TPSA) is 106 Å². The SMILES string of the molecule is O=C1CCC(N2Cc3cc(N4CC5(CCN(CC6CCN(c7ccc(C8c9ccc(O)cc9OCC8c8c(F)cccc8F)cc7F)CC6)CC5)C4)ccc3C2=O)C(=O)N1. The molecule has 4 aromatic rings. The minimum Gasteiger partial charge on any atom is -0.508 e. The van der Waals surface area contributed by atoms with Gasteiger partial charge in [0.25, 0.3) is 5.91 Å². The molecule has 3 unspecified atom stereocenters. The van der Waals surface area contributed by atoms with Gasteiger partial charge in [-0.2, -0.15) is 0 Å². The normalized spacial score (nSPS) is 24.2. The van der Waals surface area contributed by atoms with E-state index >= 15 is 13.2 Å². The first-order valence-corrected chi connectivity index (χ1v) is 21.2. The van der Waals surface area contributed by atoms with Crippen LogP contribution in [-0.4, -0.2) is 91.1 Å². The van der Waals surface area contributed by atoms with E-state index in [1.165, 1.54) is 36.4 Å². The van der Waals surface area contributed by atoms with Crippen molar-refractivity contribution in [3.8, 4) is 11.5 Å². The van der Waals surface area contributed by atoms with Gasteiger partial charge in [0.1, 0.15) is 35.0 Å². The Morgan fingerprint density at radius 2 is 1.58 bits per heavy atom. The van der Waals surface area contributed by atoms with Crippen LogP contribution in [0.5, 0.6) is 11.5 Å². The average Bonchev–Trinajstić information content (AvgIpc) is 3.55. The number of ether oxygens (including phenoxy) is 1. The molecule has 0 saturated carbocycles. The van der Waals surface area contributed by atoms with Gasteiger partial charge in [-0.05, 0) is 111 Å². The lowest BCUT2D eigenvalue weighted by atomic mass is 9.71. The molecule has 2 N–H and O–H groups in total. The fraction of sp³-hybridized carbons (Fsp3) is 0.426. The Morgan fingerprint density at radius 3 is 2.32 bits per heavy atom. The number of imide groups is 1. The maximum absolute atomic E-state index is 16.1. The van der Waals surface area contributed by atoms with Crippen molar-refractivity contribution in [1.29, 1.82) is 0 Å². The molecule has 13 heteroatoms. The third kappa shape index (κ3) is 6.94. The molecule has 0 aromatic heterocycles. The zero-order chi connectivity index (χ0) is 41.3. The predicted molar refractivity (Wildman–Crippen MR) is 219 cm³/mol. The van der Waals surface area contributed by atoms with Crippen molar-refractivity contribution in [1.82, 2.24) is 15.1 Å². The van der Waals surface area contributed by atoms with Crippen molar-refractivity contribution in [3.63, 3.8) is 0 Å². The summed E-state index contributed by atoms with van der Waals surface area (Å²) in [6.45, 7) is 6.95. The first-order chi connectivity index (χ1) is 29.0. The first-order valence-electron chi connectivity index (χ1n) is 21.2. The Morgan fingerprint density at radius 1 is 0.817 bits per heavy atom. The number of anilines is 2. The van der Waals surface area contributed by atoms with Crippen molar-refractivity contribution < 1.29 is 37.4 Å². The molecule has 4 aromatic carbocycles. The monoisotopic (exact) mass is 819 g/mol. The van der Waals surface area contributed by atoms with E-state index in [0.717, 1.165) is 82.7 Å². The smallest absolute Gasteiger partial charge is 0.255 e. The Balaban J connectivity index is 0.728. The number of nitrogens with zero attached hydrogens (tertiary/aromatic N) is 4. The number of hydrogen-bond donors (Lipinski definition) is 2. The van der Waals surface area contributed by atoms with Crippen LogP contribution >= 0.6 is 0 Å². The second-order valence-corrected chi connectivity index (χ2v) is 17.8. The van der Waals surface area contributed by atoms with Gasteiger partial charge in [0.2, 0.25) is 11.8 Å².